The number of hydrogen-bond donors (Lipinski definition) is 2. The average Bonchev–Trinajstić information content (AvgIpc) is 2.96. The highest BCUT2D eigenvalue weighted by Crippen LogP contribution is 2.43. The largest absolute Gasteiger partial charge is 0.497 e. The van der Waals surface area contributed by atoms with Crippen LogP contribution in [0.5, 0.6) is 11.5 Å². The van der Waals surface area contributed by atoms with Crippen molar-refractivity contribution >= 4 is 40.7 Å². The van der Waals surface area contributed by atoms with E-state index in [1.807, 2.05) is 6.07 Å². The molecule has 0 aliphatic carbocycles. The number of hydrogen-bond acceptors (Lipinski definition) is 7. The lowest BCUT2D eigenvalue weighted by atomic mass is 9.82. The third-order valence-electron chi connectivity index (χ3n) is 6.22. The van der Waals surface area contributed by atoms with Crippen LogP contribution in [0, 0.1) is 11.3 Å². The summed E-state index contributed by atoms with van der Waals surface area (Å²) in [4.78, 5) is 26.6. The fourth-order valence-electron chi connectivity index (χ4n) is 4.28. The van der Waals surface area contributed by atoms with Gasteiger partial charge in [-0.05, 0) is 55.0 Å². The van der Waals surface area contributed by atoms with Gasteiger partial charge in [0.1, 0.15) is 11.5 Å². The predicted octanol–water partition coefficient (Wildman–Crippen LogP) is 6.31. The highest BCUT2D eigenvalue weighted by Gasteiger charge is 2.36. The number of nitrogens with one attached hydrogen (secondary N) is 2. The van der Waals surface area contributed by atoms with E-state index in [2.05, 4.69) is 16.7 Å². The van der Waals surface area contributed by atoms with Crippen molar-refractivity contribution in [1.82, 2.24) is 5.32 Å². The molecule has 0 fully saturated rings. The van der Waals surface area contributed by atoms with Crippen molar-refractivity contribution in [3.63, 3.8) is 0 Å². The van der Waals surface area contributed by atoms with E-state index in [4.69, 9.17) is 21.1 Å². The summed E-state index contributed by atoms with van der Waals surface area (Å²) in [6.07, 6.45) is 0. The molecule has 4 rings (SSSR count). The van der Waals surface area contributed by atoms with Crippen LogP contribution < -0.4 is 20.1 Å². The van der Waals surface area contributed by atoms with Crippen LogP contribution in [0.25, 0.3) is 0 Å². The number of methoxy groups -OCH3 is 2. The normalized spacial score (nSPS) is 14.8. The molecule has 3 aromatic carbocycles. The Morgan fingerprint density at radius 3 is 2.38 bits per heavy atom. The van der Waals surface area contributed by atoms with Crippen molar-refractivity contribution in [3.05, 3.63) is 111 Å². The van der Waals surface area contributed by atoms with Gasteiger partial charge in [-0.15, -0.1) is 0 Å². The zero-order valence-electron chi connectivity index (χ0n) is 21.6. The molecule has 0 spiro atoms. The minimum Gasteiger partial charge on any atom is -0.497 e. The molecular formula is C30H26ClN3O4S. The second-order valence-corrected chi connectivity index (χ2v) is 9.96. The van der Waals surface area contributed by atoms with Gasteiger partial charge in [-0.2, -0.15) is 5.26 Å². The number of benzene rings is 3. The number of halogens is 1. The Balaban J connectivity index is 1.69. The van der Waals surface area contributed by atoms with Crippen molar-refractivity contribution in [2.24, 2.45) is 0 Å². The van der Waals surface area contributed by atoms with E-state index in [0.29, 0.717) is 55.2 Å². The van der Waals surface area contributed by atoms with Crippen LogP contribution in [0.1, 0.15) is 28.8 Å². The predicted molar refractivity (Wildman–Crippen MR) is 154 cm³/mol. The van der Waals surface area contributed by atoms with Gasteiger partial charge in [-0.3, -0.25) is 9.59 Å². The first-order valence-electron chi connectivity index (χ1n) is 12.0. The number of para-hydroxylation sites is 2. The number of anilines is 1. The van der Waals surface area contributed by atoms with E-state index in [1.165, 1.54) is 18.9 Å². The summed E-state index contributed by atoms with van der Waals surface area (Å²) in [6.45, 7) is 1.76. The van der Waals surface area contributed by atoms with Crippen LogP contribution >= 0.6 is 23.4 Å². The Labute approximate surface area is 236 Å². The summed E-state index contributed by atoms with van der Waals surface area (Å²) >= 11 is 7.80. The second kappa shape index (κ2) is 12.6. The third-order valence-corrected chi connectivity index (χ3v) is 7.58. The number of rotatable bonds is 9. The van der Waals surface area contributed by atoms with Gasteiger partial charge in [-0.1, -0.05) is 53.7 Å². The fraction of sp³-hybridized carbons (Fsp3) is 0.167. The van der Waals surface area contributed by atoms with Crippen molar-refractivity contribution in [2.75, 3.05) is 25.3 Å². The minimum absolute atomic E-state index is 0.0884. The topological polar surface area (TPSA) is 100 Å². The van der Waals surface area contributed by atoms with Gasteiger partial charge in [0.05, 0.1) is 48.2 Å². The summed E-state index contributed by atoms with van der Waals surface area (Å²) in [6, 6.07) is 23.3. The molecule has 1 amide bonds. The lowest BCUT2D eigenvalue weighted by Crippen LogP contribution is -2.31. The van der Waals surface area contributed by atoms with E-state index < -0.39 is 11.8 Å². The summed E-state index contributed by atoms with van der Waals surface area (Å²) in [5, 5.41) is 17.3. The number of nitrogens with zero attached hydrogens (tertiary/aromatic N) is 1. The molecular weight excluding hydrogens is 534 g/mol. The van der Waals surface area contributed by atoms with E-state index >= 15 is 0 Å². The summed E-state index contributed by atoms with van der Waals surface area (Å²) in [7, 11) is 3.09. The smallest absolute Gasteiger partial charge is 0.254 e. The Morgan fingerprint density at radius 2 is 1.72 bits per heavy atom. The number of carbonyl (C=O) groups is 2. The maximum absolute atomic E-state index is 13.7. The van der Waals surface area contributed by atoms with Crippen LogP contribution in [0.15, 0.2) is 94.7 Å². The molecule has 1 heterocycles. The first-order valence-corrected chi connectivity index (χ1v) is 13.3. The summed E-state index contributed by atoms with van der Waals surface area (Å²) < 4.78 is 10.5. The van der Waals surface area contributed by atoms with Gasteiger partial charge in [0.15, 0.2) is 5.78 Å². The maximum atomic E-state index is 13.7. The van der Waals surface area contributed by atoms with Crippen molar-refractivity contribution in [3.8, 4) is 17.6 Å². The Morgan fingerprint density at radius 1 is 1.03 bits per heavy atom. The maximum Gasteiger partial charge on any atom is 0.254 e. The van der Waals surface area contributed by atoms with Gasteiger partial charge in [0, 0.05) is 21.9 Å². The SMILES string of the molecule is COc1ccc(C(=O)CSC2=C(C#N)C(c3ccccc3Cl)C(C(=O)Nc3ccccc3OC)=C(C)N2)cc1. The van der Waals surface area contributed by atoms with E-state index in [1.54, 1.807) is 80.8 Å². The Kier molecular flexibility index (Phi) is 8.97. The molecule has 0 radical (unpaired) electrons. The van der Waals surface area contributed by atoms with E-state index in [-0.39, 0.29) is 11.5 Å². The molecule has 1 aliphatic heterocycles. The second-order valence-electron chi connectivity index (χ2n) is 8.57. The van der Waals surface area contributed by atoms with Crippen LogP contribution in [0.2, 0.25) is 5.02 Å². The van der Waals surface area contributed by atoms with Crippen LogP contribution in [-0.2, 0) is 4.79 Å². The fourth-order valence-corrected chi connectivity index (χ4v) is 5.51. The van der Waals surface area contributed by atoms with Crippen molar-refractivity contribution in [2.45, 2.75) is 12.8 Å². The highest BCUT2D eigenvalue weighted by molar-refractivity contribution is 8.03. The monoisotopic (exact) mass is 559 g/mol. The van der Waals surface area contributed by atoms with E-state index in [0.717, 1.165) is 0 Å². The van der Waals surface area contributed by atoms with Gasteiger partial charge in [-0.25, -0.2) is 0 Å². The molecule has 39 heavy (non-hydrogen) atoms. The number of thioether (sulfide) groups is 1. The molecule has 1 atom stereocenters. The number of ketones is 1. The number of ether oxygens (including phenoxy) is 2. The van der Waals surface area contributed by atoms with Crippen molar-refractivity contribution in [1.29, 1.82) is 5.26 Å². The Hall–Kier alpha value is -4.19. The first-order chi connectivity index (χ1) is 18.9. The molecule has 7 nitrogen and oxygen atoms in total. The van der Waals surface area contributed by atoms with Crippen LogP contribution in [-0.4, -0.2) is 31.7 Å². The molecule has 198 valence electrons. The molecule has 9 heteroatoms. The molecule has 0 saturated heterocycles. The molecule has 3 aromatic rings. The first kappa shape index (κ1) is 27.8. The lowest BCUT2D eigenvalue weighted by molar-refractivity contribution is -0.113. The van der Waals surface area contributed by atoms with E-state index in [9.17, 15) is 14.9 Å². The molecule has 1 aliphatic rings. The number of dihydropyridines is 1. The van der Waals surface area contributed by atoms with Crippen LogP contribution in [0.4, 0.5) is 5.69 Å². The molecule has 1 unspecified atom stereocenters. The molecule has 0 aromatic heterocycles. The van der Waals surface area contributed by atoms with Crippen molar-refractivity contribution < 1.29 is 19.1 Å². The molecule has 0 bridgehead atoms. The third kappa shape index (κ3) is 6.11. The Bertz CT molecular complexity index is 1510. The number of nitriles is 1. The highest BCUT2D eigenvalue weighted by atomic mass is 35.5. The van der Waals surface area contributed by atoms with Crippen LogP contribution in [0.3, 0.4) is 0 Å². The zero-order chi connectivity index (χ0) is 27.9. The summed E-state index contributed by atoms with van der Waals surface area (Å²) in [5.41, 5.74) is 2.83. The van der Waals surface area contributed by atoms with Gasteiger partial charge >= 0.3 is 0 Å². The average molecular weight is 560 g/mol. The standard InChI is InChI=1S/C30H26ClN3O4S/c1-18-27(29(36)34-24-10-6-7-11-26(24)38-3)28(21-8-4-5-9-23(21)31)22(16-32)30(33-18)39-17-25(35)19-12-14-20(37-2)15-13-19/h4-15,28,33H,17H2,1-3H3,(H,34,36). The number of allylic oxidation sites excluding steroid dienone is 2. The number of Topliss-reactive ketones (excluding diaryl/α,β-unsaturated/α-hetero) is 1. The van der Waals surface area contributed by atoms with Gasteiger partial charge in [0.25, 0.3) is 5.91 Å². The van der Waals surface area contributed by atoms with Gasteiger partial charge < -0.3 is 20.1 Å². The zero-order valence-corrected chi connectivity index (χ0v) is 23.2. The lowest BCUT2D eigenvalue weighted by Gasteiger charge is -2.30. The summed E-state index contributed by atoms with van der Waals surface area (Å²) in [5.74, 6) is -0.00877. The molecule has 0 saturated carbocycles. The number of amides is 1. The quantitative estimate of drug-likeness (QED) is 0.296. The van der Waals surface area contributed by atoms with Gasteiger partial charge in [0.2, 0.25) is 0 Å². The minimum atomic E-state index is -0.752. The number of carbonyl (C=O) groups excluding carboxylic acids is 2. The molecule has 2 N–H and O–H groups in total.